The summed E-state index contributed by atoms with van der Waals surface area (Å²) in [6.07, 6.45) is 0. The van der Waals surface area contributed by atoms with E-state index in [0.29, 0.717) is 22.6 Å². The maximum absolute atomic E-state index is 12.0. The zero-order valence-corrected chi connectivity index (χ0v) is 11.7. The van der Waals surface area contributed by atoms with Crippen LogP contribution in [0.15, 0.2) is 23.0 Å². The first-order valence-electron chi connectivity index (χ1n) is 6.00. The first-order valence-corrected chi connectivity index (χ1v) is 6.37. The topological polar surface area (TPSA) is 66.0 Å². The van der Waals surface area contributed by atoms with Crippen molar-refractivity contribution < 1.29 is 5.11 Å². The van der Waals surface area contributed by atoms with Gasteiger partial charge in [-0.05, 0) is 31.0 Å². The lowest BCUT2D eigenvalue weighted by atomic mass is 10.0. The third-order valence-corrected chi connectivity index (χ3v) is 3.25. The Kier molecular flexibility index (Phi) is 3.62. The van der Waals surface area contributed by atoms with Crippen LogP contribution in [-0.2, 0) is 0 Å². The summed E-state index contributed by atoms with van der Waals surface area (Å²) in [5.41, 5.74) is 1.92. The van der Waals surface area contributed by atoms with Crippen molar-refractivity contribution in [1.29, 1.82) is 0 Å². The molecule has 2 aromatic rings. The summed E-state index contributed by atoms with van der Waals surface area (Å²) < 4.78 is 0. The second kappa shape index (κ2) is 5.05. The standard InChI is InChI=1S/C14H15ClN2O2/c1-7(2)12-8(3)16-13(17-14(12)19)9-4-5-11(18)10(15)6-9/h4-7,18H,1-3H3,(H,16,17,19). The van der Waals surface area contributed by atoms with Crippen molar-refractivity contribution in [3.8, 4) is 17.1 Å². The highest BCUT2D eigenvalue weighted by atomic mass is 35.5. The fraction of sp³-hybridized carbons (Fsp3) is 0.286. The molecule has 0 spiro atoms. The number of H-pyrrole nitrogens is 1. The SMILES string of the molecule is Cc1nc(-c2ccc(O)c(Cl)c2)[nH]c(=O)c1C(C)C. The number of rotatable bonds is 2. The maximum atomic E-state index is 12.0. The van der Waals surface area contributed by atoms with Gasteiger partial charge in [-0.3, -0.25) is 4.79 Å². The Morgan fingerprint density at radius 3 is 2.58 bits per heavy atom. The first kappa shape index (κ1) is 13.6. The number of aromatic hydroxyl groups is 1. The van der Waals surface area contributed by atoms with Crippen molar-refractivity contribution in [1.82, 2.24) is 9.97 Å². The number of aromatic nitrogens is 2. The van der Waals surface area contributed by atoms with Crippen molar-refractivity contribution in [2.75, 3.05) is 0 Å². The minimum absolute atomic E-state index is 0.00304. The van der Waals surface area contributed by atoms with Gasteiger partial charge in [-0.1, -0.05) is 25.4 Å². The predicted molar refractivity (Wildman–Crippen MR) is 75.8 cm³/mol. The summed E-state index contributed by atoms with van der Waals surface area (Å²) in [6, 6.07) is 4.71. The third kappa shape index (κ3) is 2.63. The molecule has 0 aliphatic rings. The lowest BCUT2D eigenvalue weighted by molar-refractivity contribution is 0.475. The predicted octanol–water partition coefficient (Wildman–Crippen LogP) is 3.23. The average Bonchev–Trinajstić information content (AvgIpc) is 2.31. The van der Waals surface area contributed by atoms with Gasteiger partial charge in [0.1, 0.15) is 11.6 Å². The molecule has 0 amide bonds. The minimum Gasteiger partial charge on any atom is -0.506 e. The van der Waals surface area contributed by atoms with E-state index in [-0.39, 0.29) is 22.2 Å². The summed E-state index contributed by atoms with van der Waals surface area (Å²) in [7, 11) is 0. The Hall–Kier alpha value is -1.81. The van der Waals surface area contributed by atoms with Crippen LogP contribution in [0.1, 0.15) is 31.0 Å². The van der Waals surface area contributed by atoms with E-state index in [1.165, 1.54) is 6.07 Å². The normalized spacial score (nSPS) is 11.0. The van der Waals surface area contributed by atoms with Gasteiger partial charge in [0, 0.05) is 16.8 Å². The molecular formula is C14H15ClN2O2. The van der Waals surface area contributed by atoms with Crippen LogP contribution in [0.5, 0.6) is 5.75 Å². The van der Waals surface area contributed by atoms with Gasteiger partial charge in [-0.15, -0.1) is 0 Å². The molecule has 19 heavy (non-hydrogen) atoms. The monoisotopic (exact) mass is 278 g/mol. The molecule has 0 radical (unpaired) electrons. The van der Waals surface area contributed by atoms with Crippen molar-refractivity contribution in [3.05, 3.63) is 44.8 Å². The first-order chi connectivity index (χ1) is 8.90. The average molecular weight is 279 g/mol. The molecule has 1 aromatic heterocycles. The second-order valence-electron chi connectivity index (χ2n) is 4.73. The van der Waals surface area contributed by atoms with Crippen molar-refractivity contribution in [2.45, 2.75) is 26.7 Å². The quantitative estimate of drug-likeness (QED) is 0.886. The van der Waals surface area contributed by atoms with Crippen LogP contribution >= 0.6 is 11.6 Å². The number of aryl methyl sites for hydroxylation is 1. The number of aromatic amines is 1. The van der Waals surface area contributed by atoms with Gasteiger partial charge in [0.15, 0.2) is 0 Å². The molecule has 0 bridgehead atoms. The van der Waals surface area contributed by atoms with Gasteiger partial charge < -0.3 is 10.1 Å². The van der Waals surface area contributed by atoms with Gasteiger partial charge in [0.25, 0.3) is 5.56 Å². The Morgan fingerprint density at radius 1 is 1.37 bits per heavy atom. The van der Waals surface area contributed by atoms with E-state index in [1.807, 2.05) is 20.8 Å². The number of phenolic OH excluding ortho intramolecular Hbond substituents is 1. The highest BCUT2D eigenvalue weighted by Gasteiger charge is 2.13. The third-order valence-electron chi connectivity index (χ3n) is 2.94. The van der Waals surface area contributed by atoms with E-state index in [0.717, 1.165) is 0 Å². The number of benzene rings is 1. The van der Waals surface area contributed by atoms with Crippen molar-refractivity contribution in [2.24, 2.45) is 0 Å². The fourth-order valence-electron chi connectivity index (χ4n) is 2.07. The molecule has 0 saturated heterocycles. The zero-order chi connectivity index (χ0) is 14.2. The van der Waals surface area contributed by atoms with E-state index in [4.69, 9.17) is 11.6 Å². The summed E-state index contributed by atoms with van der Waals surface area (Å²) in [5, 5.41) is 9.62. The van der Waals surface area contributed by atoms with Crippen LogP contribution in [-0.4, -0.2) is 15.1 Å². The number of nitrogens with zero attached hydrogens (tertiary/aromatic N) is 1. The van der Waals surface area contributed by atoms with Crippen LogP contribution in [0.3, 0.4) is 0 Å². The summed E-state index contributed by atoms with van der Waals surface area (Å²) in [6.45, 7) is 5.72. The lowest BCUT2D eigenvalue weighted by Gasteiger charge is -2.10. The van der Waals surface area contributed by atoms with E-state index in [2.05, 4.69) is 9.97 Å². The maximum Gasteiger partial charge on any atom is 0.254 e. The van der Waals surface area contributed by atoms with Crippen LogP contribution in [0.2, 0.25) is 5.02 Å². The second-order valence-corrected chi connectivity index (χ2v) is 5.14. The number of hydrogen-bond donors (Lipinski definition) is 2. The Morgan fingerprint density at radius 2 is 2.05 bits per heavy atom. The summed E-state index contributed by atoms with van der Waals surface area (Å²) in [5.74, 6) is 0.575. The van der Waals surface area contributed by atoms with Crippen molar-refractivity contribution in [3.63, 3.8) is 0 Å². The molecule has 1 heterocycles. The minimum atomic E-state index is -0.137. The molecule has 0 saturated carbocycles. The van der Waals surface area contributed by atoms with Gasteiger partial charge in [-0.2, -0.15) is 0 Å². The van der Waals surface area contributed by atoms with Gasteiger partial charge in [-0.25, -0.2) is 4.98 Å². The molecule has 4 nitrogen and oxygen atoms in total. The molecule has 0 aliphatic heterocycles. The molecular weight excluding hydrogens is 264 g/mol. The Bertz CT molecular complexity index is 678. The fourth-order valence-corrected chi connectivity index (χ4v) is 2.25. The van der Waals surface area contributed by atoms with Crippen molar-refractivity contribution >= 4 is 11.6 Å². The van der Waals surface area contributed by atoms with Crippen LogP contribution in [0.25, 0.3) is 11.4 Å². The van der Waals surface area contributed by atoms with E-state index in [1.54, 1.807) is 12.1 Å². The summed E-state index contributed by atoms with van der Waals surface area (Å²) >= 11 is 5.86. The van der Waals surface area contributed by atoms with Crippen LogP contribution in [0.4, 0.5) is 0 Å². The largest absolute Gasteiger partial charge is 0.506 e. The molecule has 100 valence electrons. The number of hydrogen-bond acceptors (Lipinski definition) is 3. The molecule has 0 aliphatic carbocycles. The smallest absolute Gasteiger partial charge is 0.254 e. The van der Waals surface area contributed by atoms with E-state index >= 15 is 0 Å². The molecule has 0 atom stereocenters. The van der Waals surface area contributed by atoms with Crippen LogP contribution in [0, 0.1) is 6.92 Å². The summed E-state index contributed by atoms with van der Waals surface area (Å²) in [4.78, 5) is 19.2. The molecule has 0 fully saturated rings. The van der Waals surface area contributed by atoms with Gasteiger partial charge in [0.2, 0.25) is 0 Å². The Balaban J connectivity index is 2.58. The molecule has 1 aromatic carbocycles. The van der Waals surface area contributed by atoms with E-state index in [9.17, 15) is 9.90 Å². The number of nitrogens with one attached hydrogen (secondary N) is 1. The highest BCUT2D eigenvalue weighted by Crippen LogP contribution is 2.27. The number of halogens is 1. The number of phenols is 1. The molecule has 2 rings (SSSR count). The molecule has 0 unspecified atom stereocenters. The Labute approximate surface area is 116 Å². The van der Waals surface area contributed by atoms with Gasteiger partial charge >= 0.3 is 0 Å². The van der Waals surface area contributed by atoms with Crippen LogP contribution < -0.4 is 5.56 Å². The highest BCUT2D eigenvalue weighted by molar-refractivity contribution is 6.32. The zero-order valence-electron chi connectivity index (χ0n) is 11.0. The molecule has 5 heteroatoms. The van der Waals surface area contributed by atoms with Gasteiger partial charge in [0.05, 0.1) is 5.02 Å². The molecule has 2 N–H and O–H groups in total. The lowest BCUT2D eigenvalue weighted by Crippen LogP contribution is -2.18. The van der Waals surface area contributed by atoms with E-state index < -0.39 is 0 Å².